The molecule has 3 aromatic rings. The summed E-state index contributed by atoms with van der Waals surface area (Å²) in [6, 6.07) is 3.08. The number of H-pyrrole nitrogens is 1. The number of aryl methyl sites for hydroxylation is 2. The molecule has 0 bridgehead atoms. The van der Waals surface area contributed by atoms with Crippen LogP contribution in [-0.4, -0.2) is 75.5 Å². The van der Waals surface area contributed by atoms with E-state index in [0.717, 1.165) is 17.1 Å². The molecule has 0 aliphatic carbocycles. The number of hydrogen-bond donors (Lipinski definition) is 2. The van der Waals surface area contributed by atoms with E-state index in [2.05, 4.69) is 20.4 Å². The van der Waals surface area contributed by atoms with Crippen molar-refractivity contribution < 1.29 is 13.2 Å². The number of anilines is 1. The van der Waals surface area contributed by atoms with Gasteiger partial charge in [0.05, 0.1) is 23.1 Å². The molecule has 0 aromatic carbocycles. The third-order valence-corrected chi connectivity index (χ3v) is 7.93. The number of piperazine rings is 1. The first kappa shape index (κ1) is 21.5. The van der Waals surface area contributed by atoms with E-state index in [4.69, 9.17) is 0 Å². The lowest BCUT2D eigenvalue weighted by atomic mass is 10.2. The van der Waals surface area contributed by atoms with E-state index in [1.54, 1.807) is 23.0 Å². The van der Waals surface area contributed by atoms with Crippen molar-refractivity contribution in [1.29, 1.82) is 0 Å². The van der Waals surface area contributed by atoms with Gasteiger partial charge in [-0.25, -0.2) is 13.4 Å². The number of amides is 1. The quantitative estimate of drug-likeness (QED) is 0.611. The fourth-order valence-electron chi connectivity index (χ4n) is 3.96. The van der Waals surface area contributed by atoms with Crippen LogP contribution in [0.15, 0.2) is 29.4 Å². The van der Waals surface area contributed by atoms with Gasteiger partial charge in [0.2, 0.25) is 15.9 Å². The molecule has 166 valence electrons. The van der Waals surface area contributed by atoms with Crippen LogP contribution in [0.3, 0.4) is 0 Å². The molecular formula is C20H27N7O3S. The molecule has 31 heavy (non-hydrogen) atoms. The molecule has 0 radical (unpaired) electrons. The van der Waals surface area contributed by atoms with Crippen molar-refractivity contribution >= 4 is 32.7 Å². The Bertz CT molecular complexity index is 1220. The number of aromatic nitrogens is 4. The van der Waals surface area contributed by atoms with Crippen molar-refractivity contribution in [1.82, 2.24) is 29.0 Å². The summed E-state index contributed by atoms with van der Waals surface area (Å²) in [6.07, 6.45) is 3.11. The summed E-state index contributed by atoms with van der Waals surface area (Å²) >= 11 is 0. The maximum Gasteiger partial charge on any atom is 0.245 e. The highest BCUT2D eigenvalue weighted by molar-refractivity contribution is 7.89. The summed E-state index contributed by atoms with van der Waals surface area (Å²) in [5.41, 5.74) is 2.94. The van der Waals surface area contributed by atoms with Crippen LogP contribution in [-0.2, 0) is 21.9 Å². The molecule has 0 spiro atoms. The van der Waals surface area contributed by atoms with Gasteiger partial charge in [-0.3, -0.25) is 14.4 Å². The van der Waals surface area contributed by atoms with Crippen molar-refractivity contribution in [2.45, 2.75) is 31.7 Å². The first-order valence-corrected chi connectivity index (χ1v) is 11.6. The van der Waals surface area contributed by atoms with Gasteiger partial charge in [-0.15, -0.1) is 0 Å². The average Bonchev–Trinajstić information content (AvgIpc) is 3.30. The van der Waals surface area contributed by atoms with Crippen molar-refractivity contribution in [2.24, 2.45) is 7.05 Å². The van der Waals surface area contributed by atoms with Gasteiger partial charge in [0.15, 0.2) is 0 Å². The molecule has 1 amide bonds. The minimum atomic E-state index is -3.65. The normalized spacial score (nSPS) is 17.2. The fourth-order valence-corrected chi connectivity index (χ4v) is 5.54. The lowest BCUT2D eigenvalue weighted by Gasteiger charge is -2.36. The van der Waals surface area contributed by atoms with Crippen LogP contribution in [0.25, 0.3) is 11.0 Å². The zero-order valence-electron chi connectivity index (χ0n) is 18.1. The van der Waals surface area contributed by atoms with E-state index in [-0.39, 0.29) is 16.8 Å². The second-order valence-corrected chi connectivity index (χ2v) is 9.73. The van der Waals surface area contributed by atoms with Crippen LogP contribution >= 0.6 is 0 Å². The summed E-state index contributed by atoms with van der Waals surface area (Å²) in [5, 5.41) is 7.88. The maximum atomic E-state index is 13.2. The van der Waals surface area contributed by atoms with Crippen molar-refractivity contribution in [3.05, 3.63) is 35.9 Å². The van der Waals surface area contributed by atoms with Crippen LogP contribution in [0.4, 0.5) is 5.69 Å². The molecule has 1 fully saturated rings. The van der Waals surface area contributed by atoms with E-state index < -0.39 is 10.0 Å². The Labute approximate surface area is 181 Å². The summed E-state index contributed by atoms with van der Waals surface area (Å²) in [5.74, 6) is -0.127. The van der Waals surface area contributed by atoms with Gasteiger partial charge in [-0.1, -0.05) is 0 Å². The molecule has 1 atom stereocenters. The molecule has 3 aromatic heterocycles. The number of fused-ring (bicyclic) bond motifs is 1. The highest BCUT2D eigenvalue weighted by atomic mass is 32.2. The molecule has 1 unspecified atom stereocenters. The first-order chi connectivity index (χ1) is 14.7. The van der Waals surface area contributed by atoms with Gasteiger partial charge in [0.1, 0.15) is 10.5 Å². The number of nitrogens with one attached hydrogen (secondary N) is 2. The van der Waals surface area contributed by atoms with Crippen molar-refractivity contribution in [3.63, 3.8) is 0 Å². The Kier molecular flexibility index (Phi) is 5.58. The average molecular weight is 446 g/mol. The number of carbonyl (C=O) groups excluding carboxylic acids is 1. The van der Waals surface area contributed by atoms with E-state index in [1.807, 2.05) is 32.7 Å². The third kappa shape index (κ3) is 3.84. The number of sulfonamides is 1. The van der Waals surface area contributed by atoms with Crippen LogP contribution in [0.2, 0.25) is 0 Å². The van der Waals surface area contributed by atoms with Gasteiger partial charge >= 0.3 is 0 Å². The molecule has 1 saturated heterocycles. The predicted molar refractivity (Wildman–Crippen MR) is 117 cm³/mol. The summed E-state index contributed by atoms with van der Waals surface area (Å²) in [6.45, 7) is 7.18. The monoisotopic (exact) mass is 445 g/mol. The van der Waals surface area contributed by atoms with Gasteiger partial charge in [-0.05, 0) is 32.9 Å². The van der Waals surface area contributed by atoms with Crippen LogP contribution < -0.4 is 5.32 Å². The summed E-state index contributed by atoms with van der Waals surface area (Å²) < 4.78 is 29.5. The molecule has 2 N–H and O–H groups in total. The molecule has 1 aliphatic heterocycles. The predicted octanol–water partition coefficient (Wildman–Crippen LogP) is 1.25. The second kappa shape index (κ2) is 8.06. The van der Waals surface area contributed by atoms with Crippen molar-refractivity contribution in [2.75, 3.05) is 31.5 Å². The first-order valence-electron chi connectivity index (χ1n) is 10.2. The number of hydrogen-bond acceptors (Lipinski definition) is 6. The molecule has 4 rings (SSSR count). The molecule has 10 nitrogen and oxygen atoms in total. The zero-order valence-corrected chi connectivity index (χ0v) is 18.9. The molecular weight excluding hydrogens is 418 g/mol. The van der Waals surface area contributed by atoms with Gasteiger partial charge in [-0.2, -0.15) is 9.40 Å². The standard InChI is InChI=1S/C20H27N7O3S/c1-13-18(14(2)25(4)24-13)23-20(28)15(3)26-8-10-27(11-9-26)31(29,30)17-12-22-19-16(17)6-5-7-21-19/h5-7,12,15H,8-11H2,1-4H3,(H,21,22)(H,23,28). The lowest BCUT2D eigenvalue weighted by Crippen LogP contribution is -2.53. The van der Waals surface area contributed by atoms with Crippen molar-refractivity contribution in [3.8, 4) is 0 Å². The fraction of sp³-hybridized carbons (Fsp3) is 0.450. The van der Waals surface area contributed by atoms with Crippen LogP contribution in [0, 0.1) is 13.8 Å². The molecule has 4 heterocycles. The van der Waals surface area contributed by atoms with E-state index in [1.165, 1.54) is 10.5 Å². The van der Waals surface area contributed by atoms with Gasteiger partial charge < -0.3 is 10.3 Å². The Morgan fingerprint density at radius 2 is 1.94 bits per heavy atom. The Morgan fingerprint density at radius 3 is 2.58 bits per heavy atom. The van der Waals surface area contributed by atoms with Crippen LogP contribution in [0.5, 0.6) is 0 Å². The van der Waals surface area contributed by atoms with E-state index >= 15 is 0 Å². The number of nitrogens with zero attached hydrogens (tertiary/aromatic N) is 5. The zero-order chi connectivity index (χ0) is 22.3. The SMILES string of the molecule is Cc1nn(C)c(C)c1NC(=O)C(C)N1CCN(S(=O)(=O)c2c[nH]c3ncccc23)CC1. The number of aromatic amines is 1. The Morgan fingerprint density at radius 1 is 1.23 bits per heavy atom. The number of pyridine rings is 1. The maximum absolute atomic E-state index is 13.2. The van der Waals surface area contributed by atoms with E-state index in [0.29, 0.717) is 37.2 Å². The van der Waals surface area contributed by atoms with E-state index in [9.17, 15) is 13.2 Å². The summed E-state index contributed by atoms with van der Waals surface area (Å²) in [4.78, 5) is 22.1. The largest absolute Gasteiger partial charge is 0.345 e. The lowest BCUT2D eigenvalue weighted by molar-refractivity contribution is -0.121. The second-order valence-electron chi connectivity index (χ2n) is 7.83. The smallest absolute Gasteiger partial charge is 0.245 e. The van der Waals surface area contributed by atoms with Crippen LogP contribution in [0.1, 0.15) is 18.3 Å². The highest BCUT2D eigenvalue weighted by Crippen LogP contribution is 2.25. The minimum absolute atomic E-state index is 0.127. The molecule has 11 heteroatoms. The Hall–Kier alpha value is -2.76. The van der Waals surface area contributed by atoms with Gasteiger partial charge in [0, 0.05) is 51.0 Å². The molecule has 0 saturated carbocycles. The molecule has 1 aliphatic rings. The highest BCUT2D eigenvalue weighted by Gasteiger charge is 2.33. The summed E-state index contributed by atoms with van der Waals surface area (Å²) in [7, 11) is -1.81. The minimum Gasteiger partial charge on any atom is -0.345 e. The topological polar surface area (TPSA) is 116 Å². The number of carbonyl (C=O) groups is 1. The Balaban J connectivity index is 1.42. The van der Waals surface area contributed by atoms with Gasteiger partial charge in [0.25, 0.3) is 0 Å². The number of rotatable bonds is 5. The third-order valence-electron chi connectivity index (χ3n) is 5.99.